The third-order valence-corrected chi connectivity index (χ3v) is 7.50. The summed E-state index contributed by atoms with van der Waals surface area (Å²) in [5.74, 6) is -2.86. The van der Waals surface area contributed by atoms with Crippen LogP contribution in [0.4, 0.5) is 10.5 Å². The van der Waals surface area contributed by atoms with Crippen LogP contribution in [0.5, 0.6) is 5.75 Å². The normalized spacial score (nSPS) is 14.3. The highest BCUT2D eigenvalue weighted by Gasteiger charge is 2.30. The summed E-state index contributed by atoms with van der Waals surface area (Å²) in [5, 5.41) is 21.2. The number of nitrogens with zero attached hydrogens (tertiary/aromatic N) is 1. The molecule has 1 saturated heterocycles. The minimum Gasteiger partial charge on any atom is -0.479 e. The molecule has 1 aromatic heterocycles. The van der Waals surface area contributed by atoms with E-state index in [1.54, 1.807) is 29.2 Å². The Kier molecular flexibility index (Phi) is 8.62. The molecular weight excluding hydrogens is 556 g/mol. The molecule has 1 aliphatic heterocycles. The Hall–Kier alpha value is -3.12. The monoisotopic (exact) mass is 582 g/mol. The van der Waals surface area contributed by atoms with E-state index in [0.717, 1.165) is 11.3 Å². The van der Waals surface area contributed by atoms with Crippen LogP contribution in [-0.4, -0.2) is 64.3 Å². The number of amides is 2. The quantitative estimate of drug-likeness (QED) is 0.417. The van der Waals surface area contributed by atoms with Crippen molar-refractivity contribution in [3.05, 3.63) is 33.6 Å². The molecule has 36 heavy (non-hydrogen) atoms. The lowest BCUT2D eigenvalue weighted by atomic mass is 9.96. The summed E-state index contributed by atoms with van der Waals surface area (Å²) in [5.41, 5.74) is 0.674. The van der Waals surface area contributed by atoms with Crippen LogP contribution in [0.3, 0.4) is 0 Å². The highest BCUT2D eigenvalue weighted by molar-refractivity contribution is 9.10. The number of anilines is 1. The number of piperidine rings is 1. The van der Waals surface area contributed by atoms with Crippen molar-refractivity contribution in [1.82, 2.24) is 4.90 Å². The van der Waals surface area contributed by atoms with E-state index >= 15 is 0 Å². The number of aromatic carboxylic acids is 1. The van der Waals surface area contributed by atoms with Crippen molar-refractivity contribution >= 4 is 56.9 Å². The van der Waals surface area contributed by atoms with Gasteiger partial charge in [-0.2, -0.15) is 0 Å². The number of thiophene rings is 1. The van der Waals surface area contributed by atoms with Gasteiger partial charge in [0.1, 0.15) is 5.60 Å². The summed E-state index contributed by atoms with van der Waals surface area (Å²) in [6.45, 7) is 5.64. The first-order valence-corrected chi connectivity index (χ1v) is 12.8. The number of carboxylic acid groups (broad SMARTS) is 2. The van der Waals surface area contributed by atoms with Gasteiger partial charge in [0, 0.05) is 24.7 Å². The maximum absolute atomic E-state index is 12.8. The van der Waals surface area contributed by atoms with Crippen molar-refractivity contribution in [1.29, 1.82) is 0 Å². The third-order valence-electron chi connectivity index (χ3n) is 5.28. The summed E-state index contributed by atoms with van der Waals surface area (Å²) >= 11 is 4.27. The van der Waals surface area contributed by atoms with Gasteiger partial charge in [0.05, 0.1) is 9.35 Å². The lowest BCUT2D eigenvalue weighted by Gasteiger charge is -2.32. The van der Waals surface area contributed by atoms with Crippen molar-refractivity contribution in [3.8, 4) is 16.2 Å². The zero-order valence-corrected chi connectivity index (χ0v) is 22.4. The standard InChI is InChI=1S/C24H27BrN2O8S/c1-24(2,3)35-23(33)27-10-8-14(9-11-27)21(30)26-15-6-4-13(5-7-15)19-17(25)18(34-12-16(28)29)20(36-19)22(31)32/h4-7,14H,8-12H2,1-3H3,(H,26,30)(H,28,29)(H,31,32). The van der Waals surface area contributed by atoms with Gasteiger partial charge < -0.3 is 29.9 Å². The maximum atomic E-state index is 12.8. The molecule has 1 aliphatic rings. The second-order valence-electron chi connectivity index (χ2n) is 9.20. The van der Waals surface area contributed by atoms with Crippen molar-refractivity contribution in [2.75, 3.05) is 25.0 Å². The van der Waals surface area contributed by atoms with Crippen LogP contribution in [0.25, 0.3) is 10.4 Å². The van der Waals surface area contributed by atoms with E-state index in [-0.39, 0.29) is 28.5 Å². The summed E-state index contributed by atoms with van der Waals surface area (Å²) < 4.78 is 10.9. The zero-order valence-electron chi connectivity index (χ0n) is 20.0. The molecular formula is C24H27BrN2O8S. The Labute approximate surface area is 220 Å². The van der Waals surface area contributed by atoms with E-state index in [1.165, 1.54) is 0 Å². The second-order valence-corrected chi connectivity index (χ2v) is 11.0. The zero-order chi connectivity index (χ0) is 26.6. The van der Waals surface area contributed by atoms with Crippen LogP contribution >= 0.6 is 27.3 Å². The first kappa shape index (κ1) is 27.5. The summed E-state index contributed by atoms with van der Waals surface area (Å²) in [4.78, 5) is 49.4. The number of hydrogen-bond acceptors (Lipinski definition) is 7. The fourth-order valence-corrected chi connectivity index (χ4v) is 5.48. The molecule has 3 N–H and O–H groups in total. The van der Waals surface area contributed by atoms with Gasteiger partial charge in [0.25, 0.3) is 0 Å². The molecule has 2 amide bonds. The number of aliphatic carboxylic acids is 1. The predicted octanol–water partition coefficient (Wildman–Crippen LogP) is 4.92. The Balaban J connectivity index is 1.63. The average Bonchev–Trinajstić information content (AvgIpc) is 3.13. The summed E-state index contributed by atoms with van der Waals surface area (Å²) in [6.07, 6.45) is 0.685. The van der Waals surface area contributed by atoms with Gasteiger partial charge in [-0.25, -0.2) is 14.4 Å². The first-order valence-electron chi connectivity index (χ1n) is 11.1. The number of carbonyl (C=O) groups excluding carboxylic acids is 2. The number of halogens is 1. The third kappa shape index (κ3) is 6.97. The summed E-state index contributed by atoms with van der Waals surface area (Å²) in [6, 6.07) is 6.86. The average molecular weight is 583 g/mol. The molecule has 0 spiro atoms. The van der Waals surface area contributed by atoms with E-state index in [0.29, 0.717) is 46.5 Å². The first-order chi connectivity index (χ1) is 16.9. The van der Waals surface area contributed by atoms with Crippen LogP contribution < -0.4 is 10.1 Å². The molecule has 0 saturated carbocycles. The molecule has 2 aromatic rings. The highest BCUT2D eigenvalue weighted by atomic mass is 79.9. The molecule has 12 heteroatoms. The lowest BCUT2D eigenvalue weighted by Crippen LogP contribution is -2.43. The molecule has 0 radical (unpaired) electrons. The number of rotatable bonds is 7. The fourth-order valence-electron chi connectivity index (χ4n) is 3.59. The molecule has 0 aliphatic carbocycles. The topological polar surface area (TPSA) is 142 Å². The minimum atomic E-state index is -1.23. The van der Waals surface area contributed by atoms with E-state index < -0.39 is 24.1 Å². The molecule has 3 rings (SSSR count). The van der Waals surface area contributed by atoms with Gasteiger partial charge in [0.2, 0.25) is 5.91 Å². The summed E-state index contributed by atoms with van der Waals surface area (Å²) in [7, 11) is 0. The number of nitrogens with one attached hydrogen (secondary N) is 1. The number of benzene rings is 1. The lowest BCUT2D eigenvalue weighted by molar-refractivity contribution is -0.139. The largest absolute Gasteiger partial charge is 0.479 e. The smallest absolute Gasteiger partial charge is 0.410 e. The number of carboxylic acids is 2. The SMILES string of the molecule is CC(C)(C)OC(=O)N1CCC(C(=O)Nc2ccc(-c3sc(C(=O)O)c(OCC(=O)O)c3Br)cc2)CC1. The van der Waals surface area contributed by atoms with Crippen LogP contribution in [0.2, 0.25) is 0 Å². The van der Waals surface area contributed by atoms with Gasteiger partial charge in [-0.05, 0) is 67.2 Å². The Morgan fingerprint density at radius 3 is 2.25 bits per heavy atom. The van der Waals surface area contributed by atoms with Crippen LogP contribution in [0, 0.1) is 5.92 Å². The second kappa shape index (κ2) is 11.3. The number of hydrogen-bond donors (Lipinski definition) is 3. The van der Waals surface area contributed by atoms with E-state index in [2.05, 4.69) is 21.2 Å². The van der Waals surface area contributed by atoms with Crippen LogP contribution in [-0.2, 0) is 14.3 Å². The molecule has 1 fully saturated rings. The van der Waals surface area contributed by atoms with E-state index in [9.17, 15) is 24.3 Å². The van der Waals surface area contributed by atoms with Crippen LogP contribution in [0.15, 0.2) is 28.7 Å². The van der Waals surface area contributed by atoms with E-state index in [1.807, 2.05) is 20.8 Å². The Bertz CT molecular complexity index is 1150. The molecule has 10 nitrogen and oxygen atoms in total. The van der Waals surface area contributed by atoms with Crippen LogP contribution in [0.1, 0.15) is 43.3 Å². The molecule has 1 aromatic carbocycles. The molecule has 194 valence electrons. The predicted molar refractivity (Wildman–Crippen MR) is 137 cm³/mol. The maximum Gasteiger partial charge on any atom is 0.410 e. The van der Waals surface area contributed by atoms with Crippen molar-refractivity contribution in [2.45, 2.75) is 39.2 Å². The van der Waals surface area contributed by atoms with E-state index in [4.69, 9.17) is 14.6 Å². The minimum absolute atomic E-state index is 0.0417. The highest BCUT2D eigenvalue weighted by Crippen LogP contribution is 2.45. The van der Waals surface area contributed by atoms with Gasteiger partial charge in [-0.3, -0.25) is 4.79 Å². The molecule has 0 bridgehead atoms. The van der Waals surface area contributed by atoms with Gasteiger partial charge in [0.15, 0.2) is 17.2 Å². The number of carbonyl (C=O) groups is 4. The molecule has 0 atom stereocenters. The van der Waals surface area contributed by atoms with Crippen molar-refractivity contribution in [3.63, 3.8) is 0 Å². The molecule has 2 heterocycles. The number of ether oxygens (including phenoxy) is 2. The van der Waals surface area contributed by atoms with Gasteiger partial charge >= 0.3 is 18.0 Å². The van der Waals surface area contributed by atoms with Gasteiger partial charge in [-0.15, -0.1) is 11.3 Å². The fraction of sp³-hybridized carbons (Fsp3) is 0.417. The number of likely N-dealkylation sites (tertiary alicyclic amines) is 1. The Morgan fingerprint density at radius 1 is 1.11 bits per heavy atom. The molecule has 0 unspecified atom stereocenters. The Morgan fingerprint density at radius 2 is 1.72 bits per heavy atom. The van der Waals surface area contributed by atoms with Crippen molar-refractivity contribution in [2.24, 2.45) is 5.92 Å². The van der Waals surface area contributed by atoms with Gasteiger partial charge in [-0.1, -0.05) is 12.1 Å². The van der Waals surface area contributed by atoms with Crippen molar-refractivity contribution < 1.29 is 38.9 Å².